The molecule has 0 spiro atoms. The Hall–Kier alpha value is -3.53. The molecule has 1 saturated carbocycles. The molecule has 2 aromatic rings. The Bertz CT molecular complexity index is 1130. The van der Waals surface area contributed by atoms with E-state index >= 15 is 0 Å². The summed E-state index contributed by atoms with van der Waals surface area (Å²) in [6.07, 6.45) is 0.698. The van der Waals surface area contributed by atoms with E-state index in [-0.39, 0.29) is 30.0 Å². The number of carbonyl (C=O) groups excluding carboxylic acids is 4. The summed E-state index contributed by atoms with van der Waals surface area (Å²) >= 11 is 0. The predicted molar refractivity (Wildman–Crippen MR) is 114 cm³/mol. The lowest BCUT2D eigenvalue weighted by Gasteiger charge is -2.14. The molecule has 0 aliphatic heterocycles. The van der Waals surface area contributed by atoms with E-state index in [4.69, 9.17) is 5.73 Å². The number of nitrogens with one attached hydrogen (secondary N) is 2. The number of halogens is 1. The lowest BCUT2D eigenvalue weighted by Crippen LogP contribution is -2.49. The van der Waals surface area contributed by atoms with Crippen LogP contribution in [0, 0.1) is 26.6 Å². The Balaban J connectivity index is 1.95. The van der Waals surface area contributed by atoms with Gasteiger partial charge in [0.2, 0.25) is 5.91 Å². The summed E-state index contributed by atoms with van der Waals surface area (Å²) in [6.45, 7) is 4.32. The van der Waals surface area contributed by atoms with Crippen LogP contribution in [-0.4, -0.2) is 45.3 Å². The molecule has 3 amide bonds. The van der Waals surface area contributed by atoms with Crippen LogP contribution >= 0.6 is 0 Å². The number of hydrogen-bond acceptors (Lipinski definition) is 5. The molecule has 0 atom stereocenters. The highest BCUT2D eigenvalue weighted by Gasteiger charge is 2.51. The average Bonchev–Trinajstić information content (AvgIpc) is 3.46. The van der Waals surface area contributed by atoms with E-state index in [0.29, 0.717) is 29.8 Å². The summed E-state index contributed by atoms with van der Waals surface area (Å²) in [6, 6.07) is 4.11. The van der Waals surface area contributed by atoms with Gasteiger partial charge in [-0.25, -0.2) is 4.39 Å². The Kier molecular flexibility index (Phi) is 6.18. The summed E-state index contributed by atoms with van der Waals surface area (Å²) in [5, 5.41) is 14.5. The fourth-order valence-electron chi connectivity index (χ4n) is 3.76. The Morgan fingerprint density at radius 3 is 2.38 bits per heavy atom. The van der Waals surface area contributed by atoms with Crippen LogP contribution < -0.4 is 16.4 Å². The molecule has 1 aliphatic rings. The van der Waals surface area contributed by atoms with Gasteiger partial charge in [-0.2, -0.15) is 0 Å². The number of primary amides is 1. The molecular weight excluding hydrogens is 419 g/mol. The molecule has 0 bridgehead atoms. The summed E-state index contributed by atoms with van der Waals surface area (Å²) in [7, 11) is 0. The molecule has 1 aliphatic carbocycles. The molecule has 5 N–H and O–H groups in total. The quantitative estimate of drug-likeness (QED) is 0.356. The van der Waals surface area contributed by atoms with E-state index in [1.807, 2.05) is 0 Å². The van der Waals surface area contributed by atoms with Gasteiger partial charge in [0.05, 0.1) is 17.9 Å². The van der Waals surface area contributed by atoms with Crippen molar-refractivity contribution in [2.24, 2.45) is 5.73 Å². The predicted octanol–water partition coefficient (Wildman–Crippen LogP) is 1.11. The molecule has 0 saturated heterocycles. The van der Waals surface area contributed by atoms with Crippen LogP contribution in [0.25, 0.3) is 0 Å². The zero-order chi connectivity index (χ0) is 23.8. The van der Waals surface area contributed by atoms with E-state index in [1.165, 1.54) is 29.7 Å². The summed E-state index contributed by atoms with van der Waals surface area (Å²) in [5.41, 5.74) is 5.53. The van der Waals surface area contributed by atoms with Gasteiger partial charge in [-0.05, 0) is 62.9 Å². The van der Waals surface area contributed by atoms with Crippen LogP contribution in [0.15, 0.2) is 18.2 Å². The van der Waals surface area contributed by atoms with Gasteiger partial charge in [0.15, 0.2) is 0 Å². The SMILES string of the molecule is Cc1cc(NC(=O)c2c(C)c(C(=O)C(=O)NC3(C(N)=O)CC3)n(CCO)c2C)ccc1F. The first-order valence-electron chi connectivity index (χ1n) is 10.1. The molecular formula is C22H25FN4O5. The molecule has 1 aromatic heterocycles. The minimum Gasteiger partial charge on any atom is -0.395 e. The molecule has 0 radical (unpaired) electrons. The summed E-state index contributed by atoms with van der Waals surface area (Å²) < 4.78 is 14.9. The van der Waals surface area contributed by atoms with E-state index in [2.05, 4.69) is 10.6 Å². The fraction of sp³-hybridized carbons (Fsp3) is 0.364. The number of aliphatic hydroxyl groups excluding tert-OH is 1. The van der Waals surface area contributed by atoms with Gasteiger partial charge in [-0.15, -0.1) is 0 Å². The molecule has 1 fully saturated rings. The van der Waals surface area contributed by atoms with Gasteiger partial charge >= 0.3 is 0 Å². The molecule has 3 rings (SSSR count). The molecule has 0 unspecified atom stereocenters. The van der Waals surface area contributed by atoms with Crippen molar-refractivity contribution in [1.82, 2.24) is 9.88 Å². The highest BCUT2D eigenvalue weighted by molar-refractivity contribution is 6.43. The van der Waals surface area contributed by atoms with Crippen molar-refractivity contribution >= 4 is 29.2 Å². The average molecular weight is 444 g/mol. The molecule has 1 heterocycles. The second-order valence-corrected chi connectivity index (χ2v) is 7.96. The third-order valence-corrected chi connectivity index (χ3v) is 5.73. The summed E-state index contributed by atoms with van der Waals surface area (Å²) in [5.74, 6) is -3.63. The first kappa shape index (κ1) is 23.1. The number of carbonyl (C=O) groups is 4. The number of anilines is 1. The third kappa shape index (κ3) is 4.13. The monoisotopic (exact) mass is 444 g/mol. The lowest BCUT2D eigenvalue weighted by atomic mass is 10.1. The number of aryl methyl sites for hydroxylation is 1. The normalized spacial score (nSPS) is 14.0. The molecule has 9 nitrogen and oxygen atoms in total. The van der Waals surface area contributed by atoms with Crippen molar-refractivity contribution in [3.63, 3.8) is 0 Å². The third-order valence-electron chi connectivity index (χ3n) is 5.73. The molecule has 170 valence electrons. The highest BCUT2D eigenvalue weighted by Crippen LogP contribution is 2.35. The number of rotatable bonds is 8. The van der Waals surface area contributed by atoms with Crippen LogP contribution in [0.5, 0.6) is 0 Å². The second-order valence-electron chi connectivity index (χ2n) is 7.96. The topological polar surface area (TPSA) is 144 Å². The van der Waals surface area contributed by atoms with Gasteiger partial charge in [0.1, 0.15) is 11.4 Å². The first-order chi connectivity index (χ1) is 15.0. The molecule has 32 heavy (non-hydrogen) atoms. The van der Waals surface area contributed by atoms with E-state index in [9.17, 15) is 28.7 Å². The number of nitrogens with zero attached hydrogens (tertiary/aromatic N) is 1. The van der Waals surface area contributed by atoms with E-state index < -0.39 is 34.9 Å². The largest absolute Gasteiger partial charge is 0.395 e. The van der Waals surface area contributed by atoms with E-state index in [1.54, 1.807) is 13.8 Å². The van der Waals surface area contributed by atoms with Gasteiger partial charge < -0.3 is 26.0 Å². The van der Waals surface area contributed by atoms with Crippen LogP contribution in [0.4, 0.5) is 10.1 Å². The van der Waals surface area contributed by atoms with E-state index in [0.717, 1.165) is 0 Å². The van der Waals surface area contributed by atoms with Gasteiger partial charge in [0.25, 0.3) is 17.6 Å². The molecule has 10 heteroatoms. The number of aromatic nitrogens is 1. The van der Waals surface area contributed by atoms with Gasteiger partial charge in [0, 0.05) is 17.9 Å². The maximum atomic E-state index is 13.5. The summed E-state index contributed by atoms with van der Waals surface area (Å²) in [4.78, 5) is 50.1. The Morgan fingerprint density at radius 1 is 1.19 bits per heavy atom. The van der Waals surface area contributed by atoms with Crippen LogP contribution in [0.1, 0.15) is 50.5 Å². The van der Waals surface area contributed by atoms with Crippen molar-refractivity contribution < 1.29 is 28.7 Å². The van der Waals surface area contributed by atoms with Crippen molar-refractivity contribution in [3.8, 4) is 0 Å². The van der Waals surface area contributed by atoms with Crippen molar-refractivity contribution in [2.45, 2.75) is 45.7 Å². The molecule has 1 aromatic carbocycles. The van der Waals surface area contributed by atoms with Gasteiger partial charge in [-0.3, -0.25) is 19.2 Å². The Morgan fingerprint density at radius 2 is 1.84 bits per heavy atom. The number of nitrogens with two attached hydrogens (primary N) is 1. The van der Waals surface area contributed by atoms with Crippen LogP contribution in [0.2, 0.25) is 0 Å². The minimum absolute atomic E-state index is 0.0229. The van der Waals surface area contributed by atoms with Crippen molar-refractivity contribution in [1.29, 1.82) is 0 Å². The highest BCUT2D eigenvalue weighted by atomic mass is 19.1. The number of benzene rings is 1. The number of amides is 3. The standard InChI is InChI=1S/C22H25FN4O5/c1-11-10-14(4-5-15(11)23)25-19(30)16-12(2)17(27(8-9-28)13(16)3)18(29)20(31)26-22(6-7-22)21(24)32/h4-5,10,28H,6-9H2,1-3H3,(H2,24,32)(H,25,30)(H,26,31). The van der Waals surface area contributed by atoms with Crippen LogP contribution in [-0.2, 0) is 16.1 Å². The number of hydrogen-bond donors (Lipinski definition) is 4. The maximum absolute atomic E-state index is 13.5. The fourth-order valence-corrected chi connectivity index (χ4v) is 3.76. The van der Waals surface area contributed by atoms with Crippen LogP contribution in [0.3, 0.4) is 0 Å². The second kappa shape index (κ2) is 8.54. The van der Waals surface area contributed by atoms with Gasteiger partial charge in [-0.1, -0.05) is 0 Å². The maximum Gasteiger partial charge on any atom is 0.294 e. The Labute approximate surface area is 183 Å². The lowest BCUT2D eigenvalue weighted by molar-refractivity contribution is -0.126. The zero-order valence-corrected chi connectivity index (χ0v) is 18.0. The first-order valence-corrected chi connectivity index (χ1v) is 10.1. The number of ketones is 1. The van der Waals surface area contributed by atoms with Crippen molar-refractivity contribution in [2.75, 3.05) is 11.9 Å². The zero-order valence-electron chi connectivity index (χ0n) is 18.0. The smallest absolute Gasteiger partial charge is 0.294 e. The number of aliphatic hydroxyl groups is 1. The minimum atomic E-state index is -1.22. The van der Waals surface area contributed by atoms with Crippen molar-refractivity contribution in [3.05, 3.63) is 52.1 Å². The number of Topliss-reactive ketones (excluding diaryl/α,β-unsaturated/α-hetero) is 1.